The third-order valence-corrected chi connectivity index (χ3v) is 3.13. The third-order valence-electron chi connectivity index (χ3n) is 2.63. The first-order valence-corrected chi connectivity index (χ1v) is 6.23. The van der Waals surface area contributed by atoms with Gasteiger partial charge in [-0.2, -0.15) is 0 Å². The highest BCUT2D eigenvalue weighted by Gasteiger charge is 2.13. The lowest BCUT2D eigenvalue weighted by Gasteiger charge is -2.23. The van der Waals surface area contributed by atoms with Crippen LogP contribution in [0.5, 0.6) is 0 Å². The number of halogens is 1. The van der Waals surface area contributed by atoms with E-state index in [0.29, 0.717) is 12.5 Å². The van der Waals surface area contributed by atoms with Gasteiger partial charge in [0.15, 0.2) is 0 Å². The molecule has 0 aliphatic rings. The molecule has 1 aromatic rings. The van der Waals surface area contributed by atoms with E-state index in [-0.39, 0.29) is 12.6 Å². The smallest absolute Gasteiger partial charge is 0.0635 e. The Labute approximate surface area is 105 Å². The first-order valence-electron chi connectivity index (χ1n) is 5.44. The molecule has 0 aliphatic heterocycles. The maximum atomic E-state index is 9.29. The van der Waals surface area contributed by atoms with Gasteiger partial charge in [-0.25, -0.2) is 0 Å². The molecule has 0 spiro atoms. The molecule has 0 fully saturated rings. The Morgan fingerprint density at radius 1 is 1.44 bits per heavy atom. The minimum Gasteiger partial charge on any atom is -0.394 e. The molecular weight excluding hydrogens is 268 g/mol. The highest BCUT2D eigenvalue weighted by atomic mass is 79.9. The fourth-order valence-corrected chi connectivity index (χ4v) is 1.84. The second-order valence-corrected chi connectivity index (χ2v) is 5.10. The van der Waals surface area contributed by atoms with Crippen molar-refractivity contribution in [3.63, 3.8) is 0 Å². The lowest BCUT2D eigenvalue weighted by molar-refractivity contribution is 0.249. The number of benzene rings is 1. The molecule has 0 heterocycles. The van der Waals surface area contributed by atoms with Crippen LogP contribution in [0.4, 0.5) is 5.69 Å². The summed E-state index contributed by atoms with van der Waals surface area (Å²) >= 11 is 3.43. The van der Waals surface area contributed by atoms with Gasteiger partial charge in [-0.05, 0) is 23.6 Å². The summed E-state index contributed by atoms with van der Waals surface area (Å²) in [5, 5.41) is 12.6. The Morgan fingerprint density at radius 3 is 2.62 bits per heavy atom. The van der Waals surface area contributed by atoms with Gasteiger partial charge in [0.2, 0.25) is 0 Å². The molecule has 0 bridgehead atoms. The van der Waals surface area contributed by atoms with Crippen molar-refractivity contribution in [1.29, 1.82) is 0 Å². The van der Waals surface area contributed by atoms with Crippen LogP contribution >= 0.6 is 15.9 Å². The van der Waals surface area contributed by atoms with Crippen molar-refractivity contribution in [2.75, 3.05) is 11.9 Å². The van der Waals surface area contributed by atoms with Crippen LogP contribution in [0.25, 0.3) is 0 Å². The number of anilines is 1. The van der Waals surface area contributed by atoms with E-state index in [0.717, 1.165) is 15.7 Å². The predicted molar refractivity (Wildman–Crippen MR) is 71.4 cm³/mol. The van der Waals surface area contributed by atoms with Crippen molar-refractivity contribution in [3.8, 4) is 0 Å². The molecule has 1 atom stereocenters. The number of aliphatic hydroxyl groups is 1. The van der Waals surface area contributed by atoms with E-state index in [4.69, 9.17) is 5.73 Å². The largest absolute Gasteiger partial charge is 0.394 e. The maximum Gasteiger partial charge on any atom is 0.0635 e. The summed E-state index contributed by atoms with van der Waals surface area (Å²) in [6, 6.07) is 6.00. The SMILES string of the molecule is CC(C)[C@@H](CO)Nc1cc(Br)ccc1CN. The number of nitrogens with two attached hydrogens (primary N) is 1. The van der Waals surface area contributed by atoms with Gasteiger partial charge in [-0.1, -0.05) is 35.8 Å². The van der Waals surface area contributed by atoms with Crippen molar-refractivity contribution < 1.29 is 5.11 Å². The number of aliphatic hydroxyl groups excluding tert-OH is 1. The van der Waals surface area contributed by atoms with E-state index < -0.39 is 0 Å². The Morgan fingerprint density at radius 2 is 2.12 bits per heavy atom. The molecule has 1 rings (SSSR count). The van der Waals surface area contributed by atoms with Gasteiger partial charge in [0.25, 0.3) is 0 Å². The Bertz CT molecular complexity index is 342. The van der Waals surface area contributed by atoms with Crippen LogP contribution in [-0.2, 0) is 6.54 Å². The molecule has 4 N–H and O–H groups in total. The molecule has 0 amide bonds. The monoisotopic (exact) mass is 286 g/mol. The Hall–Kier alpha value is -0.580. The molecule has 16 heavy (non-hydrogen) atoms. The lowest BCUT2D eigenvalue weighted by atomic mass is 10.0. The molecule has 90 valence electrons. The molecule has 0 aromatic heterocycles. The van der Waals surface area contributed by atoms with E-state index in [1.807, 2.05) is 18.2 Å². The van der Waals surface area contributed by atoms with E-state index in [2.05, 4.69) is 35.1 Å². The number of rotatable bonds is 5. The summed E-state index contributed by atoms with van der Waals surface area (Å²) in [5.74, 6) is 0.370. The van der Waals surface area contributed by atoms with Crippen molar-refractivity contribution >= 4 is 21.6 Å². The maximum absolute atomic E-state index is 9.29. The highest BCUT2D eigenvalue weighted by Crippen LogP contribution is 2.23. The number of hydrogen-bond donors (Lipinski definition) is 3. The summed E-state index contributed by atoms with van der Waals surface area (Å²) in [7, 11) is 0. The second kappa shape index (κ2) is 6.23. The quantitative estimate of drug-likeness (QED) is 0.779. The molecule has 0 saturated carbocycles. The van der Waals surface area contributed by atoms with Gasteiger partial charge < -0.3 is 16.2 Å². The molecule has 0 radical (unpaired) electrons. The van der Waals surface area contributed by atoms with Crippen molar-refractivity contribution in [2.24, 2.45) is 11.7 Å². The van der Waals surface area contributed by atoms with Crippen molar-refractivity contribution in [1.82, 2.24) is 0 Å². The number of hydrogen-bond acceptors (Lipinski definition) is 3. The van der Waals surface area contributed by atoms with Crippen LogP contribution < -0.4 is 11.1 Å². The Balaban J connectivity index is 2.89. The third kappa shape index (κ3) is 3.47. The summed E-state index contributed by atoms with van der Waals surface area (Å²) in [4.78, 5) is 0. The van der Waals surface area contributed by atoms with Gasteiger partial charge in [0.1, 0.15) is 0 Å². The van der Waals surface area contributed by atoms with Gasteiger partial charge >= 0.3 is 0 Å². The molecular formula is C12H19BrN2O. The van der Waals surface area contributed by atoms with Crippen molar-refractivity contribution in [2.45, 2.75) is 26.4 Å². The zero-order valence-electron chi connectivity index (χ0n) is 9.70. The normalized spacial score (nSPS) is 12.9. The summed E-state index contributed by atoms with van der Waals surface area (Å²) < 4.78 is 1.01. The first kappa shape index (κ1) is 13.5. The fourth-order valence-electron chi connectivity index (χ4n) is 1.48. The average Bonchev–Trinajstić information content (AvgIpc) is 2.25. The minimum absolute atomic E-state index is 0.0552. The van der Waals surface area contributed by atoms with E-state index in [1.54, 1.807) is 0 Å². The molecule has 4 heteroatoms. The highest BCUT2D eigenvalue weighted by molar-refractivity contribution is 9.10. The Kier molecular flexibility index (Phi) is 5.25. The molecule has 1 aromatic carbocycles. The summed E-state index contributed by atoms with van der Waals surface area (Å²) in [5.41, 5.74) is 7.72. The van der Waals surface area contributed by atoms with Crippen LogP contribution in [0, 0.1) is 5.92 Å². The van der Waals surface area contributed by atoms with Crippen LogP contribution in [0.2, 0.25) is 0 Å². The second-order valence-electron chi connectivity index (χ2n) is 4.18. The van der Waals surface area contributed by atoms with Gasteiger partial charge in [-0.3, -0.25) is 0 Å². The number of nitrogens with one attached hydrogen (secondary N) is 1. The standard InChI is InChI=1S/C12H19BrN2O/c1-8(2)12(7-16)15-11-5-10(13)4-3-9(11)6-14/h3-5,8,12,15-16H,6-7,14H2,1-2H3/t12-/m1/s1. The van der Waals surface area contributed by atoms with Gasteiger partial charge in [0, 0.05) is 16.7 Å². The molecule has 0 aliphatic carbocycles. The lowest BCUT2D eigenvalue weighted by Crippen LogP contribution is -2.30. The van der Waals surface area contributed by atoms with Gasteiger partial charge in [-0.15, -0.1) is 0 Å². The summed E-state index contributed by atoms with van der Waals surface area (Å²) in [6.45, 7) is 4.77. The minimum atomic E-state index is 0.0552. The van der Waals surface area contributed by atoms with Crippen LogP contribution in [-0.4, -0.2) is 17.8 Å². The van der Waals surface area contributed by atoms with E-state index in [9.17, 15) is 5.11 Å². The van der Waals surface area contributed by atoms with E-state index in [1.165, 1.54) is 0 Å². The van der Waals surface area contributed by atoms with Crippen LogP contribution in [0.3, 0.4) is 0 Å². The molecule has 0 saturated heterocycles. The zero-order valence-corrected chi connectivity index (χ0v) is 11.3. The van der Waals surface area contributed by atoms with Crippen molar-refractivity contribution in [3.05, 3.63) is 28.2 Å². The van der Waals surface area contributed by atoms with Crippen LogP contribution in [0.1, 0.15) is 19.4 Å². The topological polar surface area (TPSA) is 58.3 Å². The van der Waals surface area contributed by atoms with Crippen LogP contribution in [0.15, 0.2) is 22.7 Å². The fraction of sp³-hybridized carbons (Fsp3) is 0.500. The molecule has 3 nitrogen and oxygen atoms in total. The van der Waals surface area contributed by atoms with Gasteiger partial charge in [0.05, 0.1) is 12.6 Å². The average molecular weight is 287 g/mol. The van der Waals surface area contributed by atoms with E-state index >= 15 is 0 Å². The zero-order chi connectivity index (χ0) is 12.1. The predicted octanol–water partition coefficient (Wildman–Crippen LogP) is 2.34. The summed E-state index contributed by atoms with van der Waals surface area (Å²) in [6.07, 6.45) is 0. The first-order chi connectivity index (χ1) is 7.58. The molecule has 0 unspecified atom stereocenters.